The second-order valence-corrected chi connectivity index (χ2v) is 4.57. The van der Waals surface area contributed by atoms with Gasteiger partial charge in [-0.3, -0.25) is 0 Å². The molecule has 1 unspecified atom stereocenters. The topological polar surface area (TPSA) is 46.0 Å². The van der Waals surface area contributed by atoms with Crippen molar-refractivity contribution in [2.75, 3.05) is 0 Å². The van der Waals surface area contributed by atoms with Gasteiger partial charge in [-0.05, 0) is 30.9 Å². The fourth-order valence-corrected chi connectivity index (χ4v) is 2.10. The zero-order chi connectivity index (χ0) is 10.8. The number of thiophene rings is 1. The van der Waals surface area contributed by atoms with Crippen molar-refractivity contribution in [2.45, 2.75) is 20.0 Å². The van der Waals surface area contributed by atoms with E-state index >= 15 is 0 Å². The largest absolute Gasteiger partial charge is 0.380 e. The van der Waals surface area contributed by atoms with Gasteiger partial charge in [-0.15, -0.1) is 11.3 Å². The molecule has 1 N–H and O–H groups in total. The Balaban J connectivity index is 2.32. The first-order chi connectivity index (χ1) is 7.18. The van der Waals surface area contributed by atoms with Crippen LogP contribution in [0.25, 0.3) is 0 Å². The molecule has 15 heavy (non-hydrogen) atoms. The number of rotatable bonds is 2. The lowest BCUT2D eigenvalue weighted by molar-refractivity contribution is 0.209. The van der Waals surface area contributed by atoms with Crippen LogP contribution in [0.4, 0.5) is 0 Å². The molecule has 2 heterocycles. The normalized spacial score (nSPS) is 12.7. The van der Waals surface area contributed by atoms with Crippen molar-refractivity contribution in [3.05, 3.63) is 45.7 Å². The quantitative estimate of drug-likeness (QED) is 0.844. The maximum Gasteiger partial charge on any atom is 0.161 e. The van der Waals surface area contributed by atoms with E-state index in [-0.39, 0.29) is 0 Å². The summed E-state index contributed by atoms with van der Waals surface area (Å²) in [5.41, 5.74) is 1.89. The molecule has 0 fully saturated rings. The Bertz CT molecular complexity index is 450. The molecule has 2 aromatic heterocycles. The van der Waals surface area contributed by atoms with Crippen molar-refractivity contribution in [3.8, 4) is 0 Å². The number of nitrogens with zero attached hydrogens (tertiary/aromatic N) is 2. The van der Waals surface area contributed by atoms with Gasteiger partial charge in [-0.2, -0.15) is 0 Å². The highest BCUT2D eigenvalue weighted by Gasteiger charge is 2.15. The lowest BCUT2D eigenvalue weighted by Crippen LogP contribution is -2.05. The lowest BCUT2D eigenvalue weighted by atomic mass is 10.1. The Morgan fingerprint density at radius 2 is 1.93 bits per heavy atom. The molecule has 0 saturated heterocycles. The number of aliphatic hydroxyl groups is 1. The van der Waals surface area contributed by atoms with Crippen LogP contribution in [0.5, 0.6) is 0 Å². The molecule has 2 aromatic rings. The molecular weight excluding hydrogens is 208 g/mol. The van der Waals surface area contributed by atoms with Crippen molar-refractivity contribution in [1.29, 1.82) is 0 Å². The summed E-state index contributed by atoms with van der Waals surface area (Å²) < 4.78 is 0. The van der Waals surface area contributed by atoms with Gasteiger partial charge in [-0.25, -0.2) is 9.97 Å². The molecule has 0 aromatic carbocycles. The van der Waals surface area contributed by atoms with Gasteiger partial charge in [0.1, 0.15) is 6.10 Å². The van der Waals surface area contributed by atoms with Crippen LogP contribution in [0, 0.1) is 13.8 Å². The Kier molecular flexibility index (Phi) is 2.79. The van der Waals surface area contributed by atoms with Crippen LogP contribution in [-0.2, 0) is 0 Å². The summed E-state index contributed by atoms with van der Waals surface area (Å²) >= 11 is 1.61. The predicted octanol–water partition coefficient (Wildman–Crippen LogP) is 2.24. The number of aliphatic hydroxyl groups excluding tert-OH is 1. The molecule has 0 aliphatic carbocycles. The lowest BCUT2D eigenvalue weighted by Gasteiger charge is -2.08. The zero-order valence-electron chi connectivity index (χ0n) is 8.64. The summed E-state index contributed by atoms with van der Waals surface area (Å²) in [5.74, 6) is 0.460. The van der Waals surface area contributed by atoms with Crippen LogP contribution < -0.4 is 0 Å². The van der Waals surface area contributed by atoms with Crippen molar-refractivity contribution in [3.63, 3.8) is 0 Å². The van der Waals surface area contributed by atoms with E-state index in [1.54, 1.807) is 23.7 Å². The van der Waals surface area contributed by atoms with Gasteiger partial charge < -0.3 is 5.11 Å². The van der Waals surface area contributed by atoms with Gasteiger partial charge in [0.15, 0.2) is 5.82 Å². The standard InChI is InChI=1S/C11H12N2OS/c1-7-5-12-11(13-6-7)10(14)9-3-4-15-8(9)2/h3-6,10,14H,1-2H3. The van der Waals surface area contributed by atoms with E-state index in [2.05, 4.69) is 9.97 Å². The van der Waals surface area contributed by atoms with Gasteiger partial charge >= 0.3 is 0 Å². The van der Waals surface area contributed by atoms with Gasteiger partial charge in [0.05, 0.1) is 0 Å². The molecule has 2 rings (SSSR count). The van der Waals surface area contributed by atoms with Gasteiger partial charge in [-0.1, -0.05) is 0 Å². The summed E-state index contributed by atoms with van der Waals surface area (Å²) in [4.78, 5) is 9.34. The summed E-state index contributed by atoms with van der Waals surface area (Å²) in [6, 6.07) is 1.91. The van der Waals surface area contributed by atoms with Crippen LogP contribution in [0.3, 0.4) is 0 Å². The summed E-state index contributed by atoms with van der Waals surface area (Å²) in [6.07, 6.45) is 2.72. The first kappa shape index (κ1) is 10.3. The van der Waals surface area contributed by atoms with E-state index in [0.29, 0.717) is 5.82 Å². The molecule has 0 saturated carbocycles. The Labute approximate surface area is 92.5 Å². The molecule has 4 heteroatoms. The van der Waals surface area contributed by atoms with Crippen LogP contribution in [-0.4, -0.2) is 15.1 Å². The van der Waals surface area contributed by atoms with Gasteiger partial charge in [0, 0.05) is 22.8 Å². The average Bonchev–Trinajstić information content (AvgIpc) is 2.65. The molecule has 0 amide bonds. The highest BCUT2D eigenvalue weighted by molar-refractivity contribution is 7.10. The molecular formula is C11H12N2OS. The first-order valence-corrected chi connectivity index (χ1v) is 5.57. The van der Waals surface area contributed by atoms with Crippen LogP contribution >= 0.6 is 11.3 Å². The molecule has 0 aliphatic heterocycles. The average molecular weight is 220 g/mol. The molecule has 0 spiro atoms. The number of aryl methyl sites for hydroxylation is 2. The van der Waals surface area contributed by atoms with E-state index in [0.717, 1.165) is 16.0 Å². The number of hydrogen-bond acceptors (Lipinski definition) is 4. The molecule has 78 valence electrons. The number of hydrogen-bond donors (Lipinski definition) is 1. The van der Waals surface area contributed by atoms with Gasteiger partial charge in [0.2, 0.25) is 0 Å². The van der Waals surface area contributed by atoms with E-state index in [9.17, 15) is 5.11 Å². The Morgan fingerprint density at radius 1 is 1.27 bits per heavy atom. The minimum Gasteiger partial charge on any atom is -0.380 e. The molecule has 0 aliphatic rings. The van der Waals surface area contributed by atoms with E-state index in [4.69, 9.17) is 0 Å². The van der Waals surface area contributed by atoms with Crippen LogP contribution in [0.15, 0.2) is 23.8 Å². The fourth-order valence-electron chi connectivity index (χ4n) is 1.36. The minimum atomic E-state index is -0.711. The van der Waals surface area contributed by atoms with E-state index < -0.39 is 6.10 Å². The van der Waals surface area contributed by atoms with Gasteiger partial charge in [0.25, 0.3) is 0 Å². The van der Waals surface area contributed by atoms with Crippen molar-refractivity contribution < 1.29 is 5.11 Å². The van der Waals surface area contributed by atoms with Crippen molar-refractivity contribution in [1.82, 2.24) is 9.97 Å². The maximum atomic E-state index is 10.0. The third kappa shape index (κ3) is 2.06. The van der Waals surface area contributed by atoms with Crippen molar-refractivity contribution in [2.24, 2.45) is 0 Å². The predicted molar refractivity (Wildman–Crippen MR) is 59.9 cm³/mol. The summed E-state index contributed by atoms with van der Waals surface area (Å²) in [7, 11) is 0. The molecule has 3 nitrogen and oxygen atoms in total. The zero-order valence-corrected chi connectivity index (χ0v) is 9.45. The van der Waals surface area contributed by atoms with Crippen molar-refractivity contribution >= 4 is 11.3 Å². The third-order valence-electron chi connectivity index (χ3n) is 2.24. The highest BCUT2D eigenvalue weighted by Crippen LogP contribution is 2.25. The molecule has 1 atom stereocenters. The highest BCUT2D eigenvalue weighted by atomic mass is 32.1. The smallest absolute Gasteiger partial charge is 0.161 e. The first-order valence-electron chi connectivity index (χ1n) is 4.69. The Morgan fingerprint density at radius 3 is 2.47 bits per heavy atom. The third-order valence-corrected chi connectivity index (χ3v) is 3.10. The minimum absolute atomic E-state index is 0.460. The Hall–Kier alpha value is -1.26. The van der Waals surface area contributed by atoms with Crippen LogP contribution in [0.1, 0.15) is 27.9 Å². The summed E-state index contributed by atoms with van der Waals surface area (Å²) in [6.45, 7) is 3.91. The fraction of sp³-hybridized carbons (Fsp3) is 0.273. The SMILES string of the molecule is Cc1cnc(C(O)c2ccsc2C)nc1. The second kappa shape index (κ2) is 4.08. The number of aromatic nitrogens is 2. The van der Waals surface area contributed by atoms with E-state index in [1.807, 2.05) is 25.3 Å². The summed E-state index contributed by atoms with van der Waals surface area (Å²) in [5, 5.41) is 12.0. The molecule has 0 bridgehead atoms. The maximum absolute atomic E-state index is 10.0. The van der Waals surface area contributed by atoms with Crippen LogP contribution in [0.2, 0.25) is 0 Å². The van der Waals surface area contributed by atoms with E-state index in [1.165, 1.54) is 0 Å². The monoisotopic (exact) mass is 220 g/mol. The second-order valence-electron chi connectivity index (χ2n) is 3.45. The molecule has 0 radical (unpaired) electrons.